The number of halogens is 1. The molecule has 2 rings (SSSR count). The number of hydrogen-bond acceptors (Lipinski definition) is 5. The van der Waals surface area contributed by atoms with Gasteiger partial charge in [-0.2, -0.15) is 11.8 Å². The van der Waals surface area contributed by atoms with Gasteiger partial charge in [-0.3, -0.25) is 4.79 Å². The van der Waals surface area contributed by atoms with Gasteiger partial charge in [0.15, 0.2) is 14.6 Å². The van der Waals surface area contributed by atoms with E-state index in [9.17, 15) is 13.2 Å². The molecule has 0 spiro atoms. The third-order valence-electron chi connectivity index (χ3n) is 4.22. The van der Waals surface area contributed by atoms with Crippen LogP contribution < -0.4 is 5.32 Å². The molecule has 0 radical (unpaired) electrons. The maximum atomic E-state index is 12.9. The predicted octanol–water partition coefficient (Wildman–Crippen LogP) is 0.929. The van der Waals surface area contributed by atoms with E-state index in [4.69, 9.17) is 0 Å². The van der Waals surface area contributed by atoms with Crippen LogP contribution in [-0.2, 0) is 14.6 Å². The second-order valence-electron chi connectivity index (χ2n) is 6.35. The van der Waals surface area contributed by atoms with Gasteiger partial charge in [-0.1, -0.05) is 0 Å². The van der Waals surface area contributed by atoms with Crippen LogP contribution in [0.5, 0.6) is 0 Å². The van der Waals surface area contributed by atoms with Crippen LogP contribution in [0.3, 0.4) is 0 Å². The number of sulfone groups is 1. The summed E-state index contributed by atoms with van der Waals surface area (Å²) in [5, 5.41) is 3.15. The van der Waals surface area contributed by atoms with Gasteiger partial charge in [0.2, 0.25) is 5.91 Å². The van der Waals surface area contributed by atoms with Gasteiger partial charge in [0.1, 0.15) is 0 Å². The van der Waals surface area contributed by atoms with Gasteiger partial charge in [-0.25, -0.2) is 8.42 Å². The molecule has 1 N–H and O–H groups in total. The molecule has 0 aromatic carbocycles. The van der Waals surface area contributed by atoms with Crippen molar-refractivity contribution in [2.24, 2.45) is 0 Å². The van der Waals surface area contributed by atoms with Gasteiger partial charge in [-0.05, 0) is 39.8 Å². The molecule has 2 fully saturated rings. The van der Waals surface area contributed by atoms with Crippen LogP contribution in [0.25, 0.3) is 0 Å². The SMILES string of the molecule is CC1(C)CN(C(=O)C2(S(C)(=O)=O)CCNCC2)CCS1.Cl. The van der Waals surface area contributed by atoms with Gasteiger partial charge < -0.3 is 10.2 Å². The van der Waals surface area contributed by atoms with Crippen molar-refractivity contribution in [3.8, 4) is 0 Å². The summed E-state index contributed by atoms with van der Waals surface area (Å²) < 4.78 is 23.3. The van der Waals surface area contributed by atoms with Crippen LogP contribution in [0.2, 0.25) is 0 Å². The molecule has 2 aliphatic heterocycles. The predicted molar refractivity (Wildman–Crippen MR) is 90.0 cm³/mol. The Labute approximate surface area is 137 Å². The van der Waals surface area contributed by atoms with Gasteiger partial charge >= 0.3 is 0 Å². The second-order valence-corrected chi connectivity index (χ2v) is 10.5. The van der Waals surface area contributed by atoms with Crippen molar-refractivity contribution in [3.63, 3.8) is 0 Å². The summed E-state index contributed by atoms with van der Waals surface area (Å²) in [4.78, 5) is 14.7. The summed E-state index contributed by atoms with van der Waals surface area (Å²) in [5.41, 5.74) is 0. The van der Waals surface area contributed by atoms with Crippen molar-refractivity contribution in [2.45, 2.75) is 36.2 Å². The highest BCUT2D eigenvalue weighted by molar-refractivity contribution is 8.00. The van der Waals surface area contributed by atoms with E-state index in [1.54, 1.807) is 4.90 Å². The van der Waals surface area contributed by atoms with E-state index in [0.29, 0.717) is 39.0 Å². The Hall–Kier alpha value is 0.0200. The Bertz CT molecular complexity index is 488. The summed E-state index contributed by atoms with van der Waals surface area (Å²) in [5.74, 6) is 0.687. The van der Waals surface area contributed by atoms with Crippen LogP contribution >= 0.6 is 24.2 Å². The summed E-state index contributed by atoms with van der Waals surface area (Å²) in [6.45, 7) is 6.66. The number of hydrogen-bond donors (Lipinski definition) is 1. The summed E-state index contributed by atoms with van der Waals surface area (Å²) in [6, 6.07) is 0. The molecule has 5 nitrogen and oxygen atoms in total. The lowest BCUT2D eigenvalue weighted by Gasteiger charge is -2.43. The van der Waals surface area contributed by atoms with Crippen LogP contribution in [0.4, 0.5) is 0 Å². The maximum Gasteiger partial charge on any atom is 0.244 e. The zero-order valence-corrected chi connectivity index (χ0v) is 15.3. The van der Waals surface area contributed by atoms with Crippen LogP contribution in [-0.4, -0.2) is 66.9 Å². The Kier molecular flexibility index (Phi) is 6.03. The molecule has 124 valence electrons. The third kappa shape index (κ3) is 3.86. The van der Waals surface area contributed by atoms with Crippen LogP contribution in [0, 0.1) is 0 Å². The third-order valence-corrected chi connectivity index (χ3v) is 7.52. The highest BCUT2D eigenvalue weighted by Crippen LogP contribution is 2.35. The maximum absolute atomic E-state index is 12.9. The molecule has 0 aromatic rings. The standard InChI is InChI=1S/C13H24N2O3S2.ClH/c1-12(2)10-15(8-9-19-12)11(16)13(20(3,17)18)4-6-14-7-5-13;/h14H,4-10H2,1-3H3;1H. The molecule has 21 heavy (non-hydrogen) atoms. The highest BCUT2D eigenvalue weighted by atomic mass is 35.5. The van der Waals surface area contributed by atoms with Gasteiger partial charge in [-0.15, -0.1) is 12.4 Å². The lowest BCUT2D eigenvalue weighted by molar-refractivity contribution is -0.135. The number of rotatable bonds is 2. The summed E-state index contributed by atoms with van der Waals surface area (Å²) in [7, 11) is -3.41. The number of amides is 1. The smallest absolute Gasteiger partial charge is 0.244 e. The average molecular weight is 357 g/mol. The Morgan fingerprint density at radius 2 is 1.81 bits per heavy atom. The minimum atomic E-state index is -3.41. The first-order valence-electron chi connectivity index (χ1n) is 7.02. The lowest BCUT2D eigenvalue weighted by Crippen LogP contribution is -2.60. The van der Waals surface area contributed by atoms with Gasteiger partial charge in [0.05, 0.1) is 0 Å². The molecule has 0 aliphatic carbocycles. The monoisotopic (exact) mass is 356 g/mol. The van der Waals surface area contributed by atoms with Crippen molar-refractivity contribution in [2.75, 3.05) is 38.2 Å². The zero-order chi connectivity index (χ0) is 15.0. The number of nitrogens with one attached hydrogen (secondary N) is 1. The first-order valence-corrected chi connectivity index (χ1v) is 9.89. The number of carbonyl (C=O) groups is 1. The summed E-state index contributed by atoms with van der Waals surface area (Å²) in [6.07, 6.45) is 1.98. The van der Waals surface area contributed by atoms with E-state index in [0.717, 1.165) is 5.75 Å². The van der Waals surface area contributed by atoms with E-state index in [1.165, 1.54) is 6.26 Å². The van der Waals surface area contributed by atoms with Gasteiger partial charge in [0, 0.05) is 29.8 Å². The quantitative estimate of drug-likeness (QED) is 0.797. The molecule has 2 aliphatic rings. The number of carbonyl (C=O) groups excluding carboxylic acids is 1. The van der Waals surface area contributed by atoms with E-state index in [2.05, 4.69) is 19.2 Å². The Balaban J connectivity index is 0.00000220. The molecule has 0 unspecified atom stereocenters. The van der Waals surface area contributed by atoms with Crippen molar-refractivity contribution < 1.29 is 13.2 Å². The molecule has 2 saturated heterocycles. The molecule has 0 aromatic heterocycles. The van der Waals surface area contributed by atoms with Crippen LogP contribution in [0.1, 0.15) is 26.7 Å². The Morgan fingerprint density at radius 3 is 2.29 bits per heavy atom. The molecular formula is C13H25ClN2O3S2. The zero-order valence-electron chi connectivity index (χ0n) is 12.8. The van der Waals surface area contributed by atoms with Crippen molar-refractivity contribution in [1.29, 1.82) is 0 Å². The molecule has 1 amide bonds. The minimum absolute atomic E-state index is 0. The summed E-state index contributed by atoms with van der Waals surface area (Å²) >= 11 is 1.84. The number of piperidine rings is 1. The van der Waals surface area contributed by atoms with Crippen molar-refractivity contribution in [1.82, 2.24) is 10.2 Å². The molecular weight excluding hydrogens is 332 g/mol. The topological polar surface area (TPSA) is 66.5 Å². The molecule has 2 heterocycles. The van der Waals surface area contributed by atoms with Crippen molar-refractivity contribution >= 4 is 39.9 Å². The largest absolute Gasteiger partial charge is 0.339 e. The molecule has 0 saturated carbocycles. The van der Waals surface area contributed by atoms with Crippen molar-refractivity contribution in [3.05, 3.63) is 0 Å². The average Bonchev–Trinajstić information content (AvgIpc) is 2.36. The first-order chi connectivity index (χ1) is 9.18. The second kappa shape index (κ2) is 6.64. The number of thioether (sulfide) groups is 1. The van der Waals surface area contributed by atoms with E-state index < -0.39 is 14.6 Å². The van der Waals surface area contributed by atoms with Gasteiger partial charge in [0.25, 0.3) is 0 Å². The highest BCUT2D eigenvalue weighted by Gasteiger charge is 2.51. The lowest BCUT2D eigenvalue weighted by atomic mass is 9.94. The fourth-order valence-electron chi connectivity index (χ4n) is 3.05. The fraction of sp³-hybridized carbons (Fsp3) is 0.923. The normalized spacial score (nSPS) is 25.0. The Morgan fingerprint density at radius 1 is 1.24 bits per heavy atom. The number of nitrogens with zero attached hydrogens (tertiary/aromatic N) is 1. The molecule has 0 atom stereocenters. The first kappa shape index (κ1) is 19.1. The van der Waals surface area contributed by atoms with E-state index in [-0.39, 0.29) is 23.1 Å². The van der Waals surface area contributed by atoms with E-state index in [1.807, 2.05) is 11.8 Å². The minimum Gasteiger partial charge on any atom is -0.339 e. The molecule has 0 bridgehead atoms. The fourth-order valence-corrected chi connectivity index (χ4v) is 5.56. The molecule has 8 heteroatoms. The van der Waals surface area contributed by atoms with E-state index >= 15 is 0 Å². The van der Waals surface area contributed by atoms with Crippen LogP contribution in [0.15, 0.2) is 0 Å².